The molecule has 6 heteroatoms. The van der Waals surface area contributed by atoms with Crippen LogP contribution < -0.4 is 16.0 Å². The average Bonchev–Trinajstić information content (AvgIpc) is 2.27. The molecule has 0 spiro atoms. The van der Waals surface area contributed by atoms with Crippen molar-refractivity contribution in [1.82, 2.24) is 16.0 Å². The van der Waals surface area contributed by atoms with E-state index in [9.17, 15) is 14.4 Å². The number of carbonyl (C=O) groups excluding carboxylic acids is 3. The van der Waals surface area contributed by atoms with Gasteiger partial charge in [0, 0.05) is 6.04 Å². The van der Waals surface area contributed by atoms with Crippen LogP contribution in [0.1, 0.15) is 41.5 Å². The number of amides is 2. The molecule has 2 amide bonds. The Kier molecular flexibility index (Phi) is 7.29. The zero-order chi connectivity index (χ0) is 15.2. The van der Waals surface area contributed by atoms with E-state index in [-0.39, 0.29) is 29.7 Å². The highest BCUT2D eigenvalue weighted by atomic mass is 16.2. The van der Waals surface area contributed by atoms with Crippen molar-refractivity contribution in [3.05, 3.63) is 0 Å². The van der Waals surface area contributed by atoms with Crippen molar-refractivity contribution < 1.29 is 14.4 Å². The van der Waals surface area contributed by atoms with E-state index in [2.05, 4.69) is 16.0 Å². The number of hydrogen-bond acceptors (Lipinski definition) is 4. The lowest BCUT2D eigenvalue weighted by molar-refractivity contribution is -0.131. The van der Waals surface area contributed by atoms with Crippen molar-refractivity contribution in [1.29, 1.82) is 0 Å². The van der Waals surface area contributed by atoms with Gasteiger partial charge in [-0.25, -0.2) is 0 Å². The molecule has 0 saturated heterocycles. The van der Waals surface area contributed by atoms with Gasteiger partial charge < -0.3 is 16.0 Å². The lowest BCUT2D eigenvalue weighted by atomic mass is 10.2. The van der Waals surface area contributed by atoms with Crippen molar-refractivity contribution in [2.75, 3.05) is 0 Å². The molecule has 0 rings (SSSR count). The molecule has 110 valence electrons. The van der Waals surface area contributed by atoms with E-state index in [1.165, 1.54) is 6.92 Å². The number of ketones is 1. The molecule has 0 aromatic carbocycles. The zero-order valence-electron chi connectivity index (χ0n) is 12.5. The monoisotopic (exact) mass is 271 g/mol. The highest BCUT2D eigenvalue weighted by Crippen LogP contribution is 1.91. The molecule has 3 N–H and O–H groups in total. The van der Waals surface area contributed by atoms with Gasteiger partial charge in [-0.1, -0.05) is 13.8 Å². The van der Waals surface area contributed by atoms with E-state index in [1.54, 1.807) is 20.8 Å². The molecule has 19 heavy (non-hydrogen) atoms. The molecular formula is C13H25N3O3. The molecule has 0 radical (unpaired) electrons. The number of Topliss-reactive ketones (excluding diaryl/α,β-unsaturated/α-hetero) is 1. The minimum atomic E-state index is -0.675. The third-order valence-electron chi connectivity index (χ3n) is 2.70. The highest BCUT2D eigenvalue weighted by molar-refractivity contribution is 5.92. The van der Waals surface area contributed by atoms with E-state index in [0.29, 0.717) is 0 Å². The van der Waals surface area contributed by atoms with Crippen molar-refractivity contribution in [2.24, 2.45) is 0 Å². The van der Waals surface area contributed by atoms with Crippen LogP contribution in [0.3, 0.4) is 0 Å². The maximum absolute atomic E-state index is 11.8. The number of carbonyl (C=O) groups is 3. The molecule has 3 unspecified atom stereocenters. The molecular weight excluding hydrogens is 246 g/mol. The van der Waals surface area contributed by atoms with Crippen molar-refractivity contribution >= 4 is 17.6 Å². The van der Waals surface area contributed by atoms with Crippen LogP contribution in [0.25, 0.3) is 0 Å². The summed E-state index contributed by atoms with van der Waals surface area (Å²) in [6, 6.07) is -1.41. The molecule has 3 atom stereocenters. The molecule has 0 aromatic rings. The molecule has 6 nitrogen and oxygen atoms in total. The summed E-state index contributed by atoms with van der Waals surface area (Å²) in [5, 5.41) is 8.19. The minimum absolute atomic E-state index is 0.123. The molecule has 0 fully saturated rings. The summed E-state index contributed by atoms with van der Waals surface area (Å²) in [4.78, 5) is 34.6. The number of nitrogens with one attached hydrogen (secondary N) is 3. The summed E-state index contributed by atoms with van der Waals surface area (Å²) in [5.41, 5.74) is 0. The van der Waals surface area contributed by atoms with E-state index < -0.39 is 12.1 Å². The molecule has 0 saturated carbocycles. The summed E-state index contributed by atoms with van der Waals surface area (Å²) < 4.78 is 0. The Labute approximate surface area is 114 Å². The van der Waals surface area contributed by atoms with Gasteiger partial charge in [0.2, 0.25) is 11.8 Å². The van der Waals surface area contributed by atoms with Gasteiger partial charge in [-0.15, -0.1) is 0 Å². The molecule has 0 bridgehead atoms. The fraction of sp³-hybridized carbons (Fsp3) is 0.769. The van der Waals surface area contributed by atoms with Gasteiger partial charge in [-0.05, 0) is 27.7 Å². The Morgan fingerprint density at radius 3 is 1.58 bits per heavy atom. The third kappa shape index (κ3) is 6.91. The Bertz CT molecular complexity index is 342. The fourth-order valence-electron chi connectivity index (χ4n) is 1.42. The summed E-state index contributed by atoms with van der Waals surface area (Å²) in [5.74, 6) is -0.735. The molecule has 0 aliphatic heterocycles. The van der Waals surface area contributed by atoms with Crippen molar-refractivity contribution in [3.8, 4) is 0 Å². The molecule has 0 heterocycles. The zero-order valence-corrected chi connectivity index (χ0v) is 12.5. The second-order valence-electron chi connectivity index (χ2n) is 5.11. The Hall–Kier alpha value is -1.43. The predicted octanol–water partition coefficient (Wildman–Crippen LogP) is -0.0287. The second-order valence-corrected chi connectivity index (χ2v) is 5.11. The number of rotatable bonds is 7. The van der Waals surface area contributed by atoms with E-state index >= 15 is 0 Å². The number of hydrogen-bond donors (Lipinski definition) is 3. The first kappa shape index (κ1) is 17.6. The fourth-order valence-corrected chi connectivity index (χ4v) is 1.42. The van der Waals surface area contributed by atoms with Gasteiger partial charge >= 0.3 is 0 Å². The average molecular weight is 271 g/mol. The first-order valence-electron chi connectivity index (χ1n) is 6.52. The van der Waals surface area contributed by atoms with Crippen molar-refractivity contribution in [3.63, 3.8) is 0 Å². The molecule has 0 aliphatic carbocycles. The quantitative estimate of drug-likeness (QED) is 0.607. The van der Waals surface area contributed by atoms with Crippen LogP contribution in [-0.4, -0.2) is 41.8 Å². The van der Waals surface area contributed by atoms with Crippen LogP contribution >= 0.6 is 0 Å². The summed E-state index contributed by atoms with van der Waals surface area (Å²) in [7, 11) is 0. The van der Waals surface area contributed by atoms with E-state index in [1.807, 2.05) is 13.8 Å². The van der Waals surface area contributed by atoms with E-state index in [4.69, 9.17) is 0 Å². The van der Waals surface area contributed by atoms with Crippen LogP contribution in [0.15, 0.2) is 0 Å². The molecule has 0 aliphatic rings. The predicted molar refractivity (Wildman–Crippen MR) is 73.6 cm³/mol. The van der Waals surface area contributed by atoms with Crippen LogP contribution in [0.5, 0.6) is 0 Å². The van der Waals surface area contributed by atoms with Crippen LogP contribution in [0.2, 0.25) is 0 Å². The maximum atomic E-state index is 11.8. The first-order chi connectivity index (χ1) is 8.65. The van der Waals surface area contributed by atoms with Crippen molar-refractivity contribution in [2.45, 2.75) is 65.7 Å². The van der Waals surface area contributed by atoms with Crippen LogP contribution in [0.4, 0.5) is 0 Å². The summed E-state index contributed by atoms with van der Waals surface area (Å²) in [6.45, 7) is 10.2. The largest absolute Gasteiger partial charge is 0.345 e. The van der Waals surface area contributed by atoms with Gasteiger partial charge in [0.25, 0.3) is 0 Å². The Balaban J connectivity index is 4.29. The first-order valence-corrected chi connectivity index (χ1v) is 6.52. The Morgan fingerprint density at radius 1 is 0.737 bits per heavy atom. The third-order valence-corrected chi connectivity index (χ3v) is 2.70. The van der Waals surface area contributed by atoms with Gasteiger partial charge in [-0.3, -0.25) is 14.4 Å². The lowest BCUT2D eigenvalue weighted by Gasteiger charge is -2.20. The standard InChI is InChI=1S/C13H25N3O3/c1-7(2)14-9(4)12(18)16-10(5)13(19)15-8(3)11(6)17/h7-10,14H,1-6H3,(H,15,19)(H,16,18). The maximum Gasteiger partial charge on any atom is 0.242 e. The van der Waals surface area contributed by atoms with Crippen LogP contribution in [0, 0.1) is 0 Å². The smallest absolute Gasteiger partial charge is 0.242 e. The summed E-state index contributed by atoms with van der Waals surface area (Å²) >= 11 is 0. The lowest BCUT2D eigenvalue weighted by Crippen LogP contribution is -2.53. The van der Waals surface area contributed by atoms with Gasteiger partial charge in [-0.2, -0.15) is 0 Å². The second kappa shape index (κ2) is 7.89. The normalized spacial score (nSPS) is 15.5. The molecule has 0 aromatic heterocycles. The van der Waals surface area contributed by atoms with Gasteiger partial charge in [0.1, 0.15) is 6.04 Å². The van der Waals surface area contributed by atoms with Crippen LogP contribution in [-0.2, 0) is 14.4 Å². The SMILES string of the molecule is CC(=O)C(C)NC(=O)C(C)NC(=O)C(C)NC(C)C. The minimum Gasteiger partial charge on any atom is -0.345 e. The highest BCUT2D eigenvalue weighted by Gasteiger charge is 2.21. The van der Waals surface area contributed by atoms with Gasteiger partial charge in [0.15, 0.2) is 5.78 Å². The van der Waals surface area contributed by atoms with E-state index in [0.717, 1.165) is 0 Å². The summed E-state index contributed by atoms with van der Waals surface area (Å²) in [6.07, 6.45) is 0. The Morgan fingerprint density at radius 2 is 1.16 bits per heavy atom. The van der Waals surface area contributed by atoms with Gasteiger partial charge in [0.05, 0.1) is 12.1 Å². The topological polar surface area (TPSA) is 87.3 Å².